The molecule has 0 bridgehead atoms. The van der Waals surface area contributed by atoms with Gasteiger partial charge in [0.15, 0.2) is 11.6 Å². The first-order valence-corrected chi connectivity index (χ1v) is 9.98. The average Bonchev–Trinajstić information content (AvgIpc) is 3.00. The van der Waals surface area contributed by atoms with E-state index >= 15 is 0 Å². The number of nitrogens with zero attached hydrogens (tertiary/aromatic N) is 2. The maximum Gasteiger partial charge on any atom is 0.272 e. The zero-order chi connectivity index (χ0) is 18.0. The quantitative estimate of drug-likeness (QED) is 0.671. The molecule has 0 aliphatic rings. The molecule has 9 heteroatoms. The van der Waals surface area contributed by atoms with E-state index in [1.165, 1.54) is 12.1 Å². The summed E-state index contributed by atoms with van der Waals surface area (Å²) in [4.78, 5) is 0. The van der Waals surface area contributed by atoms with Crippen molar-refractivity contribution < 1.29 is 8.42 Å². The molecule has 6 nitrogen and oxygen atoms in total. The van der Waals surface area contributed by atoms with Crippen LogP contribution in [0.4, 0.5) is 17.3 Å². The molecule has 0 atom stereocenters. The summed E-state index contributed by atoms with van der Waals surface area (Å²) in [6, 6.07) is 12.2. The van der Waals surface area contributed by atoms with Gasteiger partial charge in [-0.25, -0.2) is 8.42 Å². The van der Waals surface area contributed by atoms with Crippen molar-refractivity contribution in [2.75, 3.05) is 10.0 Å². The molecule has 0 amide bonds. The maximum absolute atomic E-state index is 12.2. The first kappa shape index (κ1) is 17.7. The van der Waals surface area contributed by atoms with E-state index in [4.69, 9.17) is 11.6 Å². The van der Waals surface area contributed by atoms with Crippen LogP contribution >= 0.6 is 22.9 Å². The van der Waals surface area contributed by atoms with E-state index in [9.17, 15) is 8.42 Å². The van der Waals surface area contributed by atoms with Crippen LogP contribution in [0.25, 0.3) is 0 Å². The number of rotatable bonds is 5. The number of nitrogens with one attached hydrogen (secondary N) is 2. The van der Waals surface area contributed by atoms with Crippen molar-refractivity contribution in [2.24, 2.45) is 0 Å². The smallest absolute Gasteiger partial charge is 0.272 e. The summed E-state index contributed by atoms with van der Waals surface area (Å²) in [5.41, 5.74) is 3.13. The van der Waals surface area contributed by atoms with Gasteiger partial charge in [-0.2, -0.15) is 0 Å². The van der Waals surface area contributed by atoms with Crippen molar-refractivity contribution in [1.29, 1.82) is 0 Å². The number of aromatic nitrogens is 2. The Morgan fingerprint density at radius 1 is 0.960 bits per heavy atom. The first-order valence-electron chi connectivity index (χ1n) is 7.30. The lowest BCUT2D eigenvalue weighted by atomic mass is 10.1. The SMILES string of the molecule is Cc1cccc(C)c1Nc1ccc(NS(=O)(=O)c2ccc(Cl)s2)nn1. The Morgan fingerprint density at radius 3 is 2.16 bits per heavy atom. The fourth-order valence-electron chi connectivity index (χ4n) is 2.22. The molecule has 0 radical (unpaired) electrons. The lowest BCUT2D eigenvalue weighted by molar-refractivity contribution is 0.603. The number of aryl methyl sites for hydroxylation is 2. The normalized spacial score (nSPS) is 11.3. The lowest BCUT2D eigenvalue weighted by Crippen LogP contribution is -2.13. The number of halogens is 1. The molecule has 0 spiro atoms. The molecule has 0 fully saturated rings. The maximum atomic E-state index is 12.2. The third kappa shape index (κ3) is 4.09. The van der Waals surface area contributed by atoms with Crippen LogP contribution < -0.4 is 10.0 Å². The van der Waals surface area contributed by atoms with Gasteiger partial charge in [0.1, 0.15) is 4.21 Å². The zero-order valence-corrected chi connectivity index (χ0v) is 15.8. The summed E-state index contributed by atoms with van der Waals surface area (Å²) in [5.74, 6) is 0.663. The number of hydrogen-bond acceptors (Lipinski definition) is 6. The monoisotopic (exact) mass is 394 g/mol. The topological polar surface area (TPSA) is 84.0 Å². The number of thiophene rings is 1. The molecule has 25 heavy (non-hydrogen) atoms. The van der Waals surface area contributed by atoms with Crippen molar-refractivity contribution in [1.82, 2.24) is 10.2 Å². The van der Waals surface area contributed by atoms with Crippen LogP contribution in [0.3, 0.4) is 0 Å². The van der Waals surface area contributed by atoms with E-state index in [0.29, 0.717) is 10.2 Å². The average molecular weight is 395 g/mol. The number of sulfonamides is 1. The van der Waals surface area contributed by atoms with Gasteiger partial charge >= 0.3 is 0 Å². The highest BCUT2D eigenvalue weighted by atomic mass is 35.5. The molecule has 0 saturated heterocycles. The number of benzene rings is 1. The Balaban J connectivity index is 1.77. The predicted octanol–water partition coefficient (Wildman–Crippen LogP) is 4.35. The molecule has 2 N–H and O–H groups in total. The Bertz CT molecular complexity index is 981. The van der Waals surface area contributed by atoms with Crippen molar-refractivity contribution in [3.05, 3.63) is 57.9 Å². The zero-order valence-electron chi connectivity index (χ0n) is 13.4. The minimum absolute atomic E-state index is 0.122. The summed E-state index contributed by atoms with van der Waals surface area (Å²) in [6.07, 6.45) is 0. The van der Waals surface area contributed by atoms with E-state index in [-0.39, 0.29) is 10.0 Å². The number of anilines is 3. The van der Waals surface area contributed by atoms with Gasteiger partial charge in [-0.05, 0) is 49.2 Å². The van der Waals surface area contributed by atoms with E-state index in [1.54, 1.807) is 12.1 Å². The van der Waals surface area contributed by atoms with Crippen LogP contribution in [-0.2, 0) is 10.0 Å². The van der Waals surface area contributed by atoms with Crippen molar-refractivity contribution in [2.45, 2.75) is 18.1 Å². The second-order valence-corrected chi connectivity index (χ2v) is 8.98. The molecule has 0 aliphatic carbocycles. The molecule has 0 unspecified atom stereocenters. The van der Waals surface area contributed by atoms with Gasteiger partial charge in [0.2, 0.25) is 0 Å². The van der Waals surface area contributed by atoms with Gasteiger partial charge in [0.25, 0.3) is 10.0 Å². The van der Waals surface area contributed by atoms with Gasteiger partial charge in [-0.3, -0.25) is 4.72 Å². The van der Waals surface area contributed by atoms with E-state index in [0.717, 1.165) is 28.2 Å². The van der Waals surface area contributed by atoms with E-state index in [2.05, 4.69) is 20.2 Å². The summed E-state index contributed by atoms with van der Waals surface area (Å²) in [7, 11) is -3.72. The van der Waals surface area contributed by atoms with Crippen molar-refractivity contribution in [3.8, 4) is 0 Å². The highest BCUT2D eigenvalue weighted by Gasteiger charge is 2.17. The molecule has 3 aromatic rings. The van der Waals surface area contributed by atoms with Gasteiger partial charge in [0, 0.05) is 5.69 Å². The van der Waals surface area contributed by atoms with Gasteiger partial charge < -0.3 is 5.32 Å². The molecule has 2 aromatic heterocycles. The molecule has 0 saturated carbocycles. The summed E-state index contributed by atoms with van der Waals surface area (Å²) in [6.45, 7) is 3.99. The highest BCUT2D eigenvalue weighted by Crippen LogP contribution is 2.27. The largest absolute Gasteiger partial charge is 0.338 e. The lowest BCUT2D eigenvalue weighted by Gasteiger charge is -2.11. The first-order chi connectivity index (χ1) is 11.8. The number of para-hydroxylation sites is 1. The Hall–Kier alpha value is -2.16. The summed E-state index contributed by atoms with van der Waals surface area (Å²) in [5, 5.41) is 11.1. The number of hydrogen-bond donors (Lipinski definition) is 2. The summed E-state index contributed by atoms with van der Waals surface area (Å²) >= 11 is 6.76. The van der Waals surface area contributed by atoms with Crippen LogP contribution in [-0.4, -0.2) is 18.6 Å². The second-order valence-electron chi connectivity index (χ2n) is 5.36. The van der Waals surface area contributed by atoms with Crippen LogP contribution in [0, 0.1) is 13.8 Å². The molecule has 1 aromatic carbocycles. The third-order valence-corrected chi connectivity index (χ3v) is 6.53. The van der Waals surface area contributed by atoms with Crippen LogP contribution in [0.5, 0.6) is 0 Å². The Labute approximate surface area is 154 Å². The molecule has 130 valence electrons. The molecule has 2 heterocycles. The van der Waals surface area contributed by atoms with E-state index < -0.39 is 10.0 Å². The fraction of sp³-hybridized carbons (Fsp3) is 0.125. The van der Waals surface area contributed by atoms with Gasteiger partial charge in [-0.1, -0.05) is 29.8 Å². The second kappa shape index (κ2) is 6.99. The standard InChI is InChI=1S/C16H15ClN4O2S2/c1-10-4-3-5-11(2)16(10)18-13-7-8-14(20-19-13)21-25(22,23)15-9-6-12(17)24-15/h3-9H,1-2H3,(H,18,19)(H,20,21). The van der Waals surface area contributed by atoms with Crippen molar-refractivity contribution in [3.63, 3.8) is 0 Å². The molecular weight excluding hydrogens is 380 g/mol. The van der Waals surface area contributed by atoms with Crippen LogP contribution in [0.15, 0.2) is 46.7 Å². The van der Waals surface area contributed by atoms with E-state index in [1.807, 2.05) is 32.0 Å². The van der Waals surface area contributed by atoms with Gasteiger partial charge in [0.05, 0.1) is 4.34 Å². The minimum atomic E-state index is -3.72. The van der Waals surface area contributed by atoms with Crippen LogP contribution in [0.2, 0.25) is 4.34 Å². The van der Waals surface area contributed by atoms with Crippen LogP contribution in [0.1, 0.15) is 11.1 Å². The predicted molar refractivity (Wildman–Crippen MR) is 101 cm³/mol. The fourth-order valence-corrected chi connectivity index (χ4v) is 4.70. The van der Waals surface area contributed by atoms with Crippen molar-refractivity contribution >= 4 is 50.3 Å². The molecule has 0 aliphatic heterocycles. The third-order valence-electron chi connectivity index (χ3n) is 3.45. The Kier molecular flexibility index (Phi) is 4.94. The minimum Gasteiger partial charge on any atom is -0.338 e. The summed E-state index contributed by atoms with van der Waals surface area (Å²) < 4.78 is 27.4. The van der Waals surface area contributed by atoms with Gasteiger partial charge in [-0.15, -0.1) is 21.5 Å². The molecular formula is C16H15ClN4O2S2. The Morgan fingerprint density at radius 2 is 1.60 bits per heavy atom. The highest BCUT2D eigenvalue weighted by molar-refractivity contribution is 7.94. The molecule has 3 rings (SSSR count).